The van der Waals surface area contributed by atoms with Gasteiger partial charge in [0, 0.05) is 26.2 Å². The highest BCUT2D eigenvalue weighted by Crippen LogP contribution is 2.16. The zero-order valence-corrected chi connectivity index (χ0v) is 10.6. The van der Waals surface area contributed by atoms with Gasteiger partial charge in [-0.1, -0.05) is 13.8 Å². The van der Waals surface area contributed by atoms with Crippen LogP contribution in [0.3, 0.4) is 0 Å². The highest BCUT2D eigenvalue weighted by molar-refractivity contribution is 5.77. The molecule has 0 saturated carbocycles. The van der Waals surface area contributed by atoms with E-state index >= 15 is 0 Å². The average Bonchev–Trinajstić information content (AvgIpc) is 2.21. The van der Waals surface area contributed by atoms with Gasteiger partial charge in [-0.05, 0) is 20.9 Å². The van der Waals surface area contributed by atoms with Crippen LogP contribution in [0.15, 0.2) is 0 Å². The van der Waals surface area contributed by atoms with Crippen molar-refractivity contribution in [3.05, 3.63) is 0 Å². The normalized spacial score (nSPS) is 19.3. The van der Waals surface area contributed by atoms with Crippen LogP contribution >= 0.6 is 0 Å². The number of nitrogens with zero attached hydrogens (tertiary/aromatic N) is 2. The lowest BCUT2D eigenvalue weighted by atomic mass is 10.0. The van der Waals surface area contributed by atoms with Crippen molar-refractivity contribution >= 4 is 5.97 Å². The zero-order chi connectivity index (χ0) is 12.1. The standard InChI is InChI=1S/C9H18N2O2.C2H6/c1-9(2,8(12)13)11-6-4-10(3)5-7-11;1-2/h4-7H2,1-3H3,(H,12,13);1-2H3. The Labute approximate surface area is 92.9 Å². The number of carboxylic acids is 1. The molecule has 1 fully saturated rings. The first kappa shape index (κ1) is 14.4. The van der Waals surface area contributed by atoms with Crippen molar-refractivity contribution in [1.29, 1.82) is 0 Å². The van der Waals surface area contributed by atoms with Gasteiger partial charge in [-0.25, -0.2) is 0 Å². The van der Waals surface area contributed by atoms with Crippen molar-refractivity contribution < 1.29 is 9.90 Å². The smallest absolute Gasteiger partial charge is 0.323 e. The van der Waals surface area contributed by atoms with Gasteiger partial charge in [0.15, 0.2) is 0 Å². The molecule has 90 valence electrons. The van der Waals surface area contributed by atoms with E-state index in [0.29, 0.717) is 0 Å². The summed E-state index contributed by atoms with van der Waals surface area (Å²) in [5.74, 6) is -0.739. The van der Waals surface area contributed by atoms with E-state index in [1.54, 1.807) is 13.8 Å². The molecule has 1 saturated heterocycles. The summed E-state index contributed by atoms with van der Waals surface area (Å²) in [6.07, 6.45) is 0. The Balaban J connectivity index is 0.000000921. The van der Waals surface area contributed by atoms with E-state index in [9.17, 15) is 4.79 Å². The molecular weight excluding hydrogens is 192 g/mol. The second-order valence-electron chi connectivity index (χ2n) is 4.15. The highest BCUT2D eigenvalue weighted by Gasteiger charge is 2.35. The Morgan fingerprint density at radius 2 is 1.53 bits per heavy atom. The largest absolute Gasteiger partial charge is 0.480 e. The monoisotopic (exact) mass is 216 g/mol. The molecule has 0 bridgehead atoms. The Morgan fingerprint density at radius 3 is 1.87 bits per heavy atom. The van der Waals surface area contributed by atoms with Crippen molar-refractivity contribution in [1.82, 2.24) is 9.80 Å². The molecule has 0 aliphatic carbocycles. The van der Waals surface area contributed by atoms with E-state index in [2.05, 4.69) is 11.9 Å². The molecule has 0 aromatic carbocycles. The van der Waals surface area contributed by atoms with Gasteiger partial charge >= 0.3 is 5.97 Å². The SMILES string of the molecule is CC.CN1CCN(C(C)(C)C(=O)O)CC1. The summed E-state index contributed by atoms with van der Waals surface area (Å²) in [5.41, 5.74) is -0.721. The van der Waals surface area contributed by atoms with Crippen molar-refractivity contribution in [2.45, 2.75) is 33.2 Å². The number of carbonyl (C=O) groups is 1. The van der Waals surface area contributed by atoms with Crippen LogP contribution in [-0.2, 0) is 4.79 Å². The van der Waals surface area contributed by atoms with Crippen LogP contribution in [0.2, 0.25) is 0 Å². The molecule has 1 aliphatic rings. The van der Waals surface area contributed by atoms with Crippen molar-refractivity contribution in [2.75, 3.05) is 33.2 Å². The fraction of sp³-hybridized carbons (Fsp3) is 0.909. The fourth-order valence-corrected chi connectivity index (χ4v) is 1.50. The number of hydrogen-bond acceptors (Lipinski definition) is 3. The number of likely N-dealkylation sites (N-methyl/N-ethyl adjacent to an activating group) is 1. The molecular formula is C11H24N2O2. The summed E-state index contributed by atoms with van der Waals surface area (Å²) in [4.78, 5) is 15.2. The van der Waals surface area contributed by atoms with Gasteiger partial charge in [0.05, 0.1) is 0 Å². The van der Waals surface area contributed by atoms with Crippen molar-refractivity contribution in [2.24, 2.45) is 0 Å². The maximum absolute atomic E-state index is 10.9. The summed E-state index contributed by atoms with van der Waals surface area (Å²) in [6, 6.07) is 0. The molecule has 0 atom stereocenters. The predicted molar refractivity (Wildman–Crippen MR) is 62.1 cm³/mol. The van der Waals surface area contributed by atoms with Gasteiger partial charge in [0.2, 0.25) is 0 Å². The number of piperazine rings is 1. The first-order chi connectivity index (χ1) is 6.94. The number of hydrogen-bond donors (Lipinski definition) is 1. The molecule has 0 radical (unpaired) electrons. The van der Waals surface area contributed by atoms with Crippen molar-refractivity contribution in [3.8, 4) is 0 Å². The Kier molecular flexibility index (Phi) is 5.83. The van der Waals surface area contributed by atoms with Crippen LogP contribution in [-0.4, -0.2) is 59.6 Å². The third kappa shape index (κ3) is 3.80. The van der Waals surface area contributed by atoms with Crippen LogP contribution < -0.4 is 0 Å². The molecule has 0 aromatic rings. The van der Waals surface area contributed by atoms with E-state index in [4.69, 9.17) is 5.11 Å². The number of carboxylic acid groups (broad SMARTS) is 1. The fourth-order valence-electron chi connectivity index (χ4n) is 1.50. The van der Waals surface area contributed by atoms with Gasteiger partial charge in [0.25, 0.3) is 0 Å². The molecule has 1 heterocycles. The van der Waals surface area contributed by atoms with E-state index in [1.165, 1.54) is 0 Å². The molecule has 0 aromatic heterocycles. The minimum Gasteiger partial charge on any atom is -0.480 e. The van der Waals surface area contributed by atoms with Crippen LogP contribution in [0, 0.1) is 0 Å². The Morgan fingerprint density at radius 1 is 1.13 bits per heavy atom. The predicted octanol–water partition coefficient (Wildman–Crippen LogP) is 1.12. The third-order valence-electron chi connectivity index (χ3n) is 2.82. The van der Waals surface area contributed by atoms with Crippen LogP contribution in [0.4, 0.5) is 0 Å². The van der Waals surface area contributed by atoms with Gasteiger partial charge in [-0.15, -0.1) is 0 Å². The highest BCUT2D eigenvalue weighted by atomic mass is 16.4. The minimum absolute atomic E-state index is 0.721. The third-order valence-corrected chi connectivity index (χ3v) is 2.82. The van der Waals surface area contributed by atoms with E-state index < -0.39 is 11.5 Å². The summed E-state index contributed by atoms with van der Waals surface area (Å²) in [7, 11) is 2.06. The van der Waals surface area contributed by atoms with Crippen LogP contribution in [0.25, 0.3) is 0 Å². The lowest BCUT2D eigenvalue weighted by molar-refractivity contribution is -0.150. The van der Waals surface area contributed by atoms with E-state index in [0.717, 1.165) is 26.2 Å². The maximum Gasteiger partial charge on any atom is 0.323 e. The lowest BCUT2D eigenvalue weighted by Gasteiger charge is -2.40. The number of rotatable bonds is 2. The maximum atomic E-state index is 10.9. The van der Waals surface area contributed by atoms with E-state index in [1.807, 2.05) is 18.7 Å². The van der Waals surface area contributed by atoms with Gasteiger partial charge in [0.1, 0.15) is 5.54 Å². The quantitative estimate of drug-likeness (QED) is 0.751. The summed E-state index contributed by atoms with van der Waals surface area (Å²) >= 11 is 0. The van der Waals surface area contributed by atoms with Gasteiger partial charge in [-0.3, -0.25) is 9.69 Å². The average molecular weight is 216 g/mol. The first-order valence-corrected chi connectivity index (χ1v) is 5.61. The van der Waals surface area contributed by atoms with Gasteiger partial charge < -0.3 is 10.0 Å². The molecule has 0 unspecified atom stereocenters. The molecule has 1 N–H and O–H groups in total. The number of aliphatic carboxylic acids is 1. The minimum atomic E-state index is -0.739. The molecule has 15 heavy (non-hydrogen) atoms. The summed E-state index contributed by atoms with van der Waals surface area (Å²) in [5, 5.41) is 9.00. The topological polar surface area (TPSA) is 43.8 Å². The van der Waals surface area contributed by atoms with Crippen LogP contribution in [0.1, 0.15) is 27.7 Å². The molecule has 1 aliphatic heterocycles. The lowest BCUT2D eigenvalue weighted by Crippen LogP contribution is -2.57. The molecule has 1 rings (SSSR count). The molecule has 0 spiro atoms. The summed E-state index contributed by atoms with van der Waals surface area (Å²) in [6.45, 7) is 11.1. The van der Waals surface area contributed by atoms with Crippen molar-refractivity contribution in [3.63, 3.8) is 0 Å². The summed E-state index contributed by atoms with van der Waals surface area (Å²) < 4.78 is 0. The Hall–Kier alpha value is -0.610. The molecule has 4 heteroatoms. The molecule has 4 nitrogen and oxygen atoms in total. The zero-order valence-electron chi connectivity index (χ0n) is 10.6. The molecule has 0 amide bonds. The van der Waals surface area contributed by atoms with E-state index in [-0.39, 0.29) is 0 Å². The second-order valence-corrected chi connectivity index (χ2v) is 4.15. The Bertz CT molecular complexity index is 197. The second kappa shape index (κ2) is 6.08. The van der Waals surface area contributed by atoms with Crippen LogP contribution in [0.5, 0.6) is 0 Å². The first-order valence-electron chi connectivity index (χ1n) is 5.61. The van der Waals surface area contributed by atoms with Gasteiger partial charge in [-0.2, -0.15) is 0 Å².